The number of hydrogen-bond acceptors (Lipinski definition) is 1. The molecule has 0 aliphatic rings. The molecule has 0 aromatic carbocycles. The van der Waals surface area contributed by atoms with Crippen molar-refractivity contribution in [2.75, 3.05) is 0 Å². The molecule has 0 fully saturated rings. The van der Waals surface area contributed by atoms with E-state index in [-0.39, 0.29) is 0 Å². The first-order valence-electron chi connectivity index (χ1n) is 3.56. The minimum atomic E-state index is -2.73. The number of rotatable bonds is 2. The molecule has 1 nitrogen and oxygen atoms in total. The molecule has 0 amide bonds. The van der Waals surface area contributed by atoms with Crippen LogP contribution in [0.5, 0.6) is 0 Å². The molecule has 0 unspecified atom stereocenters. The summed E-state index contributed by atoms with van der Waals surface area (Å²) in [6, 6.07) is 1.21. The minimum absolute atomic E-state index is 0.307. The maximum atomic E-state index is 12.9. The molecule has 0 spiro atoms. The molecular weight excluding hydrogens is 247 g/mol. The average molecular weight is 254 g/mol. The van der Waals surface area contributed by atoms with Crippen LogP contribution in [0.15, 0.2) is 6.07 Å². The molecule has 5 heteroatoms. The third kappa shape index (κ3) is 2.21. The summed E-state index contributed by atoms with van der Waals surface area (Å²) in [4.78, 5) is 3.14. The molecule has 0 bridgehead atoms. The van der Waals surface area contributed by atoms with Gasteiger partial charge in [0.1, 0.15) is 5.69 Å². The fourth-order valence-electron chi connectivity index (χ4n) is 0.899. The maximum absolute atomic E-state index is 12.9. The van der Waals surface area contributed by atoms with Crippen LogP contribution in [0, 0.1) is 12.9 Å². The summed E-state index contributed by atoms with van der Waals surface area (Å²) >= 11 is 3.09. The fraction of sp³-hybridized carbons (Fsp3) is 0.375. The van der Waals surface area contributed by atoms with E-state index in [4.69, 9.17) is 0 Å². The van der Waals surface area contributed by atoms with Gasteiger partial charge in [-0.05, 0) is 18.6 Å². The molecular formula is C8H7BrF3N. The van der Waals surface area contributed by atoms with E-state index in [2.05, 4.69) is 20.9 Å². The largest absolute Gasteiger partial charge is 0.280 e. The Morgan fingerprint density at radius 3 is 2.62 bits per heavy atom. The van der Waals surface area contributed by atoms with Crippen molar-refractivity contribution >= 4 is 15.9 Å². The number of pyridine rings is 1. The second-order valence-corrected chi connectivity index (χ2v) is 3.12. The number of nitrogens with zero attached hydrogens (tertiary/aromatic N) is 1. The van der Waals surface area contributed by atoms with Crippen molar-refractivity contribution < 1.29 is 13.2 Å². The molecule has 0 aliphatic heterocycles. The van der Waals surface area contributed by atoms with Crippen LogP contribution in [0.1, 0.15) is 23.2 Å². The van der Waals surface area contributed by atoms with Crippen LogP contribution in [0.3, 0.4) is 0 Å². The summed E-state index contributed by atoms with van der Waals surface area (Å²) in [5, 5.41) is 0.345. The Balaban J connectivity index is 3.22. The lowest BCUT2D eigenvalue weighted by atomic mass is 10.1. The highest BCUT2D eigenvalue weighted by Gasteiger charge is 2.14. The standard InChI is InChI=1S/C8H7BrF3N/c1-4-5(3-9)2-6(7(10)11)13-8(4)12/h2,7H,3H2,1H3. The number of alkyl halides is 3. The highest BCUT2D eigenvalue weighted by atomic mass is 79.9. The van der Waals surface area contributed by atoms with Gasteiger partial charge in [-0.25, -0.2) is 13.8 Å². The smallest absolute Gasteiger partial charge is 0.219 e. The SMILES string of the molecule is Cc1c(CBr)cc(C(F)F)nc1F. The molecule has 1 aromatic heterocycles. The Labute approximate surface area is 82.1 Å². The molecule has 13 heavy (non-hydrogen) atoms. The monoisotopic (exact) mass is 253 g/mol. The van der Waals surface area contributed by atoms with Gasteiger partial charge >= 0.3 is 0 Å². The molecule has 0 saturated heterocycles. The average Bonchev–Trinajstić information content (AvgIpc) is 2.09. The Morgan fingerprint density at radius 1 is 1.54 bits per heavy atom. The van der Waals surface area contributed by atoms with Gasteiger partial charge in [-0.15, -0.1) is 0 Å². The van der Waals surface area contributed by atoms with Gasteiger partial charge in [-0.1, -0.05) is 15.9 Å². The topological polar surface area (TPSA) is 12.9 Å². The number of aromatic nitrogens is 1. The Hall–Kier alpha value is -0.580. The van der Waals surface area contributed by atoms with Crippen LogP contribution in [-0.4, -0.2) is 4.98 Å². The quantitative estimate of drug-likeness (QED) is 0.582. The third-order valence-electron chi connectivity index (χ3n) is 1.71. The van der Waals surface area contributed by atoms with Crippen molar-refractivity contribution in [3.63, 3.8) is 0 Å². The third-order valence-corrected chi connectivity index (χ3v) is 2.31. The van der Waals surface area contributed by atoms with Gasteiger partial charge < -0.3 is 0 Å². The van der Waals surface area contributed by atoms with Crippen molar-refractivity contribution in [1.29, 1.82) is 0 Å². The Kier molecular flexibility index (Phi) is 3.30. The van der Waals surface area contributed by atoms with E-state index in [9.17, 15) is 13.2 Å². The summed E-state index contributed by atoms with van der Waals surface area (Å²) in [6.45, 7) is 1.51. The summed E-state index contributed by atoms with van der Waals surface area (Å²) in [7, 11) is 0. The molecule has 0 atom stereocenters. The summed E-state index contributed by atoms with van der Waals surface area (Å²) in [6.07, 6.45) is -2.73. The van der Waals surface area contributed by atoms with Crippen LogP contribution < -0.4 is 0 Å². The van der Waals surface area contributed by atoms with E-state index in [1.165, 1.54) is 13.0 Å². The zero-order valence-electron chi connectivity index (χ0n) is 6.82. The van der Waals surface area contributed by atoms with E-state index in [1.807, 2.05) is 0 Å². The van der Waals surface area contributed by atoms with Gasteiger partial charge in [0.2, 0.25) is 5.95 Å². The van der Waals surface area contributed by atoms with Crippen molar-refractivity contribution in [2.45, 2.75) is 18.7 Å². The normalized spacial score (nSPS) is 10.9. The van der Waals surface area contributed by atoms with Gasteiger partial charge in [0, 0.05) is 10.9 Å². The first-order valence-corrected chi connectivity index (χ1v) is 4.68. The molecule has 1 heterocycles. The van der Waals surface area contributed by atoms with Gasteiger partial charge in [0.05, 0.1) is 0 Å². The Morgan fingerprint density at radius 2 is 2.15 bits per heavy atom. The minimum Gasteiger partial charge on any atom is -0.219 e. The first-order chi connectivity index (χ1) is 6.06. The van der Waals surface area contributed by atoms with Crippen molar-refractivity contribution in [2.24, 2.45) is 0 Å². The highest BCUT2D eigenvalue weighted by molar-refractivity contribution is 9.08. The van der Waals surface area contributed by atoms with Crippen LogP contribution in [0.25, 0.3) is 0 Å². The van der Waals surface area contributed by atoms with Gasteiger partial charge in [0.25, 0.3) is 6.43 Å². The second-order valence-electron chi connectivity index (χ2n) is 2.56. The zero-order valence-corrected chi connectivity index (χ0v) is 8.41. The second kappa shape index (κ2) is 4.09. The van der Waals surface area contributed by atoms with E-state index >= 15 is 0 Å². The summed E-state index contributed by atoms with van der Waals surface area (Å²) in [5.74, 6) is -0.827. The zero-order chi connectivity index (χ0) is 10.0. The van der Waals surface area contributed by atoms with Gasteiger partial charge in [-0.3, -0.25) is 0 Å². The lowest BCUT2D eigenvalue weighted by Crippen LogP contribution is -2.00. The van der Waals surface area contributed by atoms with E-state index in [1.54, 1.807) is 0 Å². The summed E-state index contributed by atoms with van der Waals surface area (Å²) in [5.41, 5.74) is 0.293. The molecule has 0 saturated carbocycles. The first kappa shape index (κ1) is 10.5. The highest BCUT2D eigenvalue weighted by Crippen LogP contribution is 2.22. The van der Waals surface area contributed by atoms with E-state index in [0.717, 1.165) is 0 Å². The number of hydrogen-bond donors (Lipinski definition) is 0. The Bertz CT molecular complexity index is 315. The maximum Gasteiger partial charge on any atom is 0.280 e. The van der Waals surface area contributed by atoms with Crippen LogP contribution >= 0.6 is 15.9 Å². The molecule has 1 rings (SSSR count). The van der Waals surface area contributed by atoms with E-state index < -0.39 is 18.1 Å². The summed E-state index contributed by atoms with van der Waals surface area (Å²) < 4.78 is 37.2. The van der Waals surface area contributed by atoms with Gasteiger partial charge in [-0.2, -0.15) is 4.39 Å². The van der Waals surface area contributed by atoms with Crippen molar-refractivity contribution in [1.82, 2.24) is 4.98 Å². The lowest BCUT2D eigenvalue weighted by Gasteiger charge is -2.05. The molecule has 0 aliphatic carbocycles. The molecule has 0 N–H and O–H groups in total. The predicted molar refractivity (Wildman–Crippen MR) is 46.5 cm³/mol. The van der Waals surface area contributed by atoms with E-state index in [0.29, 0.717) is 16.5 Å². The van der Waals surface area contributed by atoms with Crippen molar-refractivity contribution in [3.8, 4) is 0 Å². The van der Waals surface area contributed by atoms with Crippen LogP contribution in [0.2, 0.25) is 0 Å². The van der Waals surface area contributed by atoms with Crippen molar-refractivity contribution in [3.05, 3.63) is 28.8 Å². The molecule has 0 radical (unpaired) electrons. The van der Waals surface area contributed by atoms with Crippen LogP contribution in [-0.2, 0) is 5.33 Å². The fourth-order valence-corrected chi connectivity index (χ4v) is 1.48. The lowest BCUT2D eigenvalue weighted by molar-refractivity contribution is 0.144. The molecule has 72 valence electrons. The van der Waals surface area contributed by atoms with Gasteiger partial charge in [0.15, 0.2) is 0 Å². The van der Waals surface area contributed by atoms with Crippen LogP contribution in [0.4, 0.5) is 13.2 Å². The number of halogens is 4. The predicted octanol–water partition coefficient (Wildman–Crippen LogP) is 3.36. The molecule has 1 aromatic rings.